The molecule has 1 aromatic rings. The van der Waals surface area contributed by atoms with Crippen molar-refractivity contribution in [1.29, 1.82) is 0 Å². The average Bonchev–Trinajstić information content (AvgIpc) is 2.77. The molecule has 0 saturated heterocycles. The van der Waals surface area contributed by atoms with E-state index in [0.29, 0.717) is 0 Å². The van der Waals surface area contributed by atoms with Gasteiger partial charge < -0.3 is 10.4 Å². The number of carbonyl (C=O) groups excluding carboxylic acids is 1. The van der Waals surface area contributed by atoms with Crippen molar-refractivity contribution in [2.45, 2.75) is 33.1 Å². The van der Waals surface area contributed by atoms with E-state index < -0.39 is 0 Å². The Balaban J connectivity index is 2.16. The lowest BCUT2D eigenvalue weighted by Gasteiger charge is -2.26. The van der Waals surface area contributed by atoms with E-state index in [4.69, 9.17) is 5.11 Å². The van der Waals surface area contributed by atoms with Gasteiger partial charge in [-0.3, -0.25) is 4.79 Å². The van der Waals surface area contributed by atoms with E-state index in [-0.39, 0.29) is 23.8 Å². The van der Waals surface area contributed by atoms with Crippen LogP contribution in [-0.4, -0.2) is 17.6 Å². The van der Waals surface area contributed by atoms with Crippen LogP contribution in [0.2, 0.25) is 0 Å². The summed E-state index contributed by atoms with van der Waals surface area (Å²) < 4.78 is 0. The highest BCUT2D eigenvalue weighted by Gasteiger charge is 2.39. The van der Waals surface area contributed by atoms with E-state index in [1.807, 2.05) is 24.3 Å². The number of anilines is 1. The second-order valence-electron chi connectivity index (χ2n) is 5.93. The molecule has 0 heterocycles. The van der Waals surface area contributed by atoms with Gasteiger partial charge in [0.05, 0.1) is 5.69 Å². The van der Waals surface area contributed by atoms with E-state index in [2.05, 4.69) is 31.0 Å². The normalized spacial score (nSPS) is 20.1. The largest absolute Gasteiger partial charge is 0.384 e. The maximum absolute atomic E-state index is 12.4. The Labute approximate surface area is 120 Å². The van der Waals surface area contributed by atoms with Gasteiger partial charge in [-0.15, -0.1) is 0 Å². The fraction of sp³-hybridized carbons (Fsp3) is 0.471. The SMILES string of the molecule is CC1(C)CCCC1C(=O)Nc1ccccc1C#CCO. The van der Waals surface area contributed by atoms with Crippen molar-refractivity contribution >= 4 is 11.6 Å². The number of carbonyl (C=O) groups is 1. The van der Waals surface area contributed by atoms with Crippen molar-refractivity contribution in [1.82, 2.24) is 0 Å². The summed E-state index contributed by atoms with van der Waals surface area (Å²) in [6, 6.07) is 7.44. The molecule has 2 N–H and O–H groups in total. The lowest BCUT2D eigenvalue weighted by molar-refractivity contribution is -0.122. The molecule has 0 spiro atoms. The Morgan fingerprint density at radius 3 is 2.85 bits per heavy atom. The summed E-state index contributed by atoms with van der Waals surface area (Å²) in [6.45, 7) is 4.13. The second-order valence-corrected chi connectivity index (χ2v) is 5.93. The molecule has 3 heteroatoms. The van der Waals surface area contributed by atoms with E-state index in [1.165, 1.54) is 0 Å². The maximum atomic E-state index is 12.4. The minimum atomic E-state index is -0.183. The highest BCUT2D eigenvalue weighted by molar-refractivity contribution is 5.94. The molecule has 1 aromatic carbocycles. The zero-order valence-electron chi connectivity index (χ0n) is 12.1. The van der Waals surface area contributed by atoms with Crippen LogP contribution in [0, 0.1) is 23.2 Å². The van der Waals surface area contributed by atoms with Gasteiger partial charge in [-0.1, -0.05) is 44.2 Å². The third kappa shape index (κ3) is 3.20. The van der Waals surface area contributed by atoms with Gasteiger partial charge in [-0.2, -0.15) is 0 Å². The zero-order chi connectivity index (χ0) is 14.6. The van der Waals surface area contributed by atoms with Crippen molar-refractivity contribution in [2.24, 2.45) is 11.3 Å². The highest BCUT2D eigenvalue weighted by atomic mass is 16.2. The Kier molecular flexibility index (Phi) is 4.46. The van der Waals surface area contributed by atoms with E-state index in [1.54, 1.807) is 0 Å². The summed E-state index contributed by atoms with van der Waals surface area (Å²) in [5.41, 5.74) is 1.53. The molecular formula is C17H21NO2. The van der Waals surface area contributed by atoms with Gasteiger partial charge in [0, 0.05) is 11.5 Å². The molecule has 3 nitrogen and oxygen atoms in total. The number of rotatable bonds is 2. The van der Waals surface area contributed by atoms with E-state index in [0.717, 1.165) is 30.5 Å². The van der Waals surface area contributed by atoms with Crippen LogP contribution >= 0.6 is 0 Å². The molecule has 1 unspecified atom stereocenters. The summed E-state index contributed by atoms with van der Waals surface area (Å²) in [6.07, 6.45) is 3.15. The van der Waals surface area contributed by atoms with Gasteiger partial charge in [0.15, 0.2) is 0 Å². The van der Waals surface area contributed by atoms with Gasteiger partial charge in [0.2, 0.25) is 5.91 Å². The molecule has 20 heavy (non-hydrogen) atoms. The van der Waals surface area contributed by atoms with E-state index in [9.17, 15) is 4.79 Å². The molecule has 0 bridgehead atoms. The summed E-state index contributed by atoms with van der Waals surface area (Å²) in [5.74, 6) is 5.61. The Morgan fingerprint density at radius 2 is 2.20 bits per heavy atom. The number of aliphatic hydroxyl groups excluding tert-OH is 1. The van der Waals surface area contributed by atoms with Crippen LogP contribution in [0.15, 0.2) is 24.3 Å². The number of hydrogen-bond donors (Lipinski definition) is 2. The molecule has 0 aromatic heterocycles. The smallest absolute Gasteiger partial charge is 0.228 e. The quantitative estimate of drug-likeness (QED) is 0.813. The first-order chi connectivity index (χ1) is 9.54. The van der Waals surface area contributed by atoms with Crippen LogP contribution in [-0.2, 0) is 4.79 Å². The zero-order valence-corrected chi connectivity index (χ0v) is 12.1. The lowest BCUT2D eigenvalue weighted by atomic mass is 9.81. The molecule has 1 atom stereocenters. The monoisotopic (exact) mass is 271 g/mol. The molecule has 2 rings (SSSR count). The minimum Gasteiger partial charge on any atom is -0.384 e. The number of benzene rings is 1. The number of hydrogen-bond acceptors (Lipinski definition) is 2. The number of aliphatic hydroxyl groups is 1. The predicted octanol–water partition coefficient (Wildman–Crippen LogP) is 2.80. The Hall–Kier alpha value is -1.79. The van der Waals surface area contributed by atoms with Crippen molar-refractivity contribution in [3.05, 3.63) is 29.8 Å². The van der Waals surface area contributed by atoms with Crippen molar-refractivity contribution in [3.63, 3.8) is 0 Å². The van der Waals surface area contributed by atoms with Gasteiger partial charge >= 0.3 is 0 Å². The van der Waals surface area contributed by atoms with Gasteiger partial charge in [-0.05, 0) is 30.4 Å². The number of para-hydroxylation sites is 1. The molecule has 1 fully saturated rings. The van der Waals surface area contributed by atoms with Crippen LogP contribution in [0.5, 0.6) is 0 Å². The average molecular weight is 271 g/mol. The molecule has 1 amide bonds. The van der Waals surface area contributed by atoms with E-state index >= 15 is 0 Å². The molecule has 1 aliphatic rings. The summed E-state index contributed by atoms with van der Waals surface area (Å²) in [7, 11) is 0. The minimum absolute atomic E-state index is 0.0568. The summed E-state index contributed by atoms with van der Waals surface area (Å²) in [4.78, 5) is 12.4. The molecule has 0 radical (unpaired) electrons. The molecule has 106 valence electrons. The molecule has 1 aliphatic carbocycles. The van der Waals surface area contributed by atoms with Crippen molar-refractivity contribution in [3.8, 4) is 11.8 Å². The first-order valence-corrected chi connectivity index (χ1v) is 7.04. The molecular weight excluding hydrogens is 250 g/mol. The van der Waals surface area contributed by atoms with Crippen molar-refractivity contribution in [2.75, 3.05) is 11.9 Å². The van der Waals surface area contributed by atoms with Gasteiger partial charge in [-0.25, -0.2) is 0 Å². The topological polar surface area (TPSA) is 49.3 Å². The molecule has 0 aliphatic heterocycles. The first kappa shape index (κ1) is 14.6. The fourth-order valence-electron chi connectivity index (χ4n) is 2.87. The lowest BCUT2D eigenvalue weighted by Crippen LogP contribution is -2.31. The Bertz CT molecular complexity index is 552. The number of nitrogens with one attached hydrogen (secondary N) is 1. The third-order valence-electron chi connectivity index (χ3n) is 4.06. The fourth-order valence-corrected chi connectivity index (χ4v) is 2.87. The predicted molar refractivity (Wildman–Crippen MR) is 80.2 cm³/mol. The van der Waals surface area contributed by atoms with Crippen LogP contribution < -0.4 is 5.32 Å². The first-order valence-electron chi connectivity index (χ1n) is 7.04. The standard InChI is InChI=1S/C17H21NO2/c1-17(2)11-5-9-14(17)16(20)18-15-10-4-3-7-13(15)8-6-12-19/h3-4,7,10,14,19H,5,9,11-12H2,1-2H3,(H,18,20). The summed E-state index contributed by atoms with van der Waals surface area (Å²) >= 11 is 0. The van der Waals surface area contributed by atoms with Crippen LogP contribution in [0.3, 0.4) is 0 Å². The maximum Gasteiger partial charge on any atom is 0.228 e. The van der Waals surface area contributed by atoms with Crippen LogP contribution in [0.1, 0.15) is 38.7 Å². The van der Waals surface area contributed by atoms with Gasteiger partial charge in [0.1, 0.15) is 6.61 Å². The molecule has 1 saturated carbocycles. The number of amides is 1. The third-order valence-corrected chi connectivity index (χ3v) is 4.06. The Morgan fingerprint density at radius 1 is 1.45 bits per heavy atom. The summed E-state index contributed by atoms with van der Waals surface area (Å²) in [5, 5.41) is 11.8. The van der Waals surface area contributed by atoms with Crippen LogP contribution in [0.4, 0.5) is 5.69 Å². The highest BCUT2D eigenvalue weighted by Crippen LogP contribution is 2.43. The van der Waals surface area contributed by atoms with Crippen molar-refractivity contribution < 1.29 is 9.90 Å². The second kappa shape index (κ2) is 6.11. The van der Waals surface area contributed by atoms with Crippen LogP contribution in [0.25, 0.3) is 0 Å². The van der Waals surface area contributed by atoms with Gasteiger partial charge in [0.25, 0.3) is 0 Å².